The predicted molar refractivity (Wildman–Crippen MR) is 126 cm³/mol. The molecule has 0 spiro atoms. The summed E-state index contributed by atoms with van der Waals surface area (Å²) in [6.45, 7) is 1.06. The van der Waals surface area contributed by atoms with E-state index in [2.05, 4.69) is 15.7 Å². The first kappa shape index (κ1) is 23.5. The lowest BCUT2D eigenvalue weighted by molar-refractivity contribution is -0.122. The molecule has 0 radical (unpaired) electrons. The van der Waals surface area contributed by atoms with Gasteiger partial charge in [0.25, 0.3) is 0 Å². The summed E-state index contributed by atoms with van der Waals surface area (Å²) in [4.78, 5) is 24.6. The molecule has 2 aromatic carbocycles. The summed E-state index contributed by atoms with van der Waals surface area (Å²) in [6.07, 6.45) is 6.01. The molecule has 2 N–H and O–H groups in total. The van der Waals surface area contributed by atoms with Gasteiger partial charge in [-0.3, -0.25) is 14.3 Å². The Labute approximate surface area is 198 Å². The fourth-order valence-electron chi connectivity index (χ4n) is 4.38. The Balaban J connectivity index is 1.31. The second-order valence-corrected chi connectivity index (χ2v) is 8.78. The van der Waals surface area contributed by atoms with Crippen molar-refractivity contribution >= 4 is 11.8 Å². The zero-order valence-electron chi connectivity index (χ0n) is 19.2. The Hall–Kier alpha value is -3.68. The van der Waals surface area contributed by atoms with Crippen molar-refractivity contribution < 1.29 is 18.7 Å². The minimum absolute atomic E-state index is 0.0275. The first-order chi connectivity index (χ1) is 16.4. The van der Waals surface area contributed by atoms with E-state index >= 15 is 0 Å². The van der Waals surface area contributed by atoms with Crippen LogP contribution in [0.2, 0.25) is 0 Å². The molecule has 2 heterocycles. The molecule has 0 bridgehead atoms. The van der Waals surface area contributed by atoms with Crippen LogP contribution in [0, 0.1) is 5.82 Å². The molecule has 1 atom stereocenters. The maximum absolute atomic E-state index is 13.8. The highest BCUT2D eigenvalue weighted by molar-refractivity contribution is 5.80. The topological polar surface area (TPSA) is 85.2 Å². The summed E-state index contributed by atoms with van der Waals surface area (Å²) in [6, 6.07) is 14.8. The van der Waals surface area contributed by atoms with Crippen molar-refractivity contribution in [3.63, 3.8) is 0 Å². The third-order valence-electron chi connectivity index (χ3n) is 6.19. The summed E-state index contributed by atoms with van der Waals surface area (Å²) >= 11 is 0. The molecule has 178 valence electrons. The molecule has 7 nitrogen and oxygen atoms in total. The van der Waals surface area contributed by atoms with Crippen molar-refractivity contribution in [3.05, 3.63) is 83.4 Å². The fourth-order valence-corrected chi connectivity index (χ4v) is 4.38. The van der Waals surface area contributed by atoms with Gasteiger partial charge in [0.15, 0.2) is 11.6 Å². The zero-order chi connectivity index (χ0) is 24.0. The van der Waals surface area contributed by atoms with Crippen LogP contribution in [0.4, 0.5) is 4.39 Å². The SMILES string of the molecule is COc1cc(CC2(CCC(=O)NCc3cnn(Cc4ccccc4)c3)CCC(=O)N2)ccc1F. The van der Waals surface area contributed by atoms with Crippen LogP contribution in [-0.2, 0) is 29.1 Å². The largest absolute Gasteiger partial charge is 0.494 e. The minimum Gasteiger partial charge on any atom is -0.494 e. The number of benzene rings is 2. The number of ether oxygens (including phenoxy) is 1. The molecule has 1 unspecified atom stereocenters. The number of methoxy groups -OCH3 is 1. The highest BCUT2D eigenvalue weighted by Crippen LogP contribution is 2.31. The number of carbonyl (C=O) groups excluding carboxylic acids is 2. The molecule has 1 fully saturated rings. The number of aromatic nitrogens is 2. The van der Waals surface area contributed by atoms with Crippen LogP contribution in [0.25, 0.3) is 0 Å². The molecule has 0 saturated carbocycles. The Kier molecular flexibility index (Phi) is 7.25. The van der Waals surface area contributed by atoms with Gasteiger partial charge in [0.2, 0.25) is 11.8 Å². The molecule has 1 aliphatic heterocycles. The van der Waals surface area contributed by atoms with Crippen molar-refractivity contribution in [1.82, 2.24) is 20.4 Å². The number of nitrogens with one attached hydrogen (secondary N) is 2. The van der Waals surface area contributed by atoms with Gasteiger partial charge < -0.3 is 15.4 Å². The highest BCUT2D eigenvalue weighted by Gasteiger charge is 2.38. The summed E-state index contributed by atoms with van der Waals surface area (Å²) in [5.41, 5.74) is 2.40. The van der Waals surface area contributed by atoms with Gasteiger partial charge in [-0.25, -0.2) is 4.39 Å². The number of rotatable bonds is 10. The van der Waals surface area contributed by atoms with E-state index in [0.717, 1.165) is 16.7 Å². The smallest absolute Gasteiger partial charge is 0.220 e. The predicted octanol–water partition coefficient (Wildman–Crippen LogP) is 3.37. The summed E-state index contributed by atoms with van der Waals surface area (Å²) in [5, 5.41) is 10.4. The maximum Gasteiger partial charge on any atom is 0.220 e. The van der Waals surface area contributed by atoms with Gasteiger partial charge in [0.1, 0.15) is 0 Å². The number of halogens is 1. The van der Waals surface area contributed by atoms with E-state index in [1.807, 2.05) is 41.2 Å². The molecular weight excluding hydrogens is 435 g/mol. The van der Waals surface area contributed by atoms with E-state index < -0.39 is 11.4 Å². The van der Waals surface area contributed by atoms with Crippen LogP contribution in [0.5, 0.6) is 5.75 Å². The standard InChI is InChI=1S/C26H29FN4O3/c1-34-23-13-20(7-8-22(23)27)14-26(12-10-25(33)30-26)11-9-24(32)28-15-21-16-29-31(18-21)17-19-5-3-2-4-6-19/h2-8,13,16,18H,9-12,14-15,17H2,1H3,(H,28,32)(H,30,33). The summed E-state index contributed by atoms with van der Waals surface area (Å²) in [7, 11) is 1.42. The average Bonchev–Trinajstić information content (AvgIpc) is 3.44. The van der Waals surface area contributed by atoms with Gasteiger partial charge in [0, 0.05) is 36.7 Å². The van der Waals surface area contributed by atoms with Crippen LogP contribution in [0.15, 0.2) is 60.9 Å². The van der Waals surface area contributed by atoms with Crippen LogP contribution in [-0.4, -0.2) is 34.2 Å². The number of nitrogens with zero attached hydrogens (tertiary/aromatic N) is 2. The minimum atomic E-state index is -0.530. The molecule has 4 rings (SSSR count). The Morgan fingerprint density at radius 3 is 2.76 bits per heavy atom. The van der Waals surface area contributed by atoms with E-state index in [0.29, 0.717) is 38.8 Å². The molecule has 2 amide bonds. The first-order valence-electron chi connectivity index (χ1n) is 11.4. The van der Waals surface area contributed by atoms with Crippen molar-refractivity contribution in [2.75, 3.05) is 7.11 Å². The van der Waals surface area contributed by atoms with Crippen LogP contribution in [0.1, 0.15) is 42.4 Å². The van der Waals surface area contributed by atoms with Gasteiger partial charge in [-0.15, -0.1) is 0 Å². The van der Waals surface area contributed by atoms with Crippen LogP contribution >= 0.6 is 0 Å². The van der Waals surface area contributed by atoms with Crippen LogP contribution in [0.3, 0.4) is 0 Å². The molecule has 0 aliphatic carbocycles. The lowest BCUT2D eigenvalue weighted by Gasteiger charge is -2.29. The van der Waals surface area contributed by atoms with E-state index in [4.69, 9.17) is 4.74 Å². The molecule has 1 aliphatic rings. The number of hydrogen-bond donors (Lipinski definition) is 2. The van der Waals surface area contributed by atoms with Crippen molar-refractivity contribution in [1.29, 1.82) is 0 Å². The summed E-state index contributed by atoms with van der Waals surface area (Å²) in [5.74, 6) is -0.377. The molecule has 3 aromatic rings. The van der Waals surface area contributed by atoms with Crippen molar-refractivity contribution in [2.24, 2.45) is 0 Å². The van der Waals surface area contributed by atoms with Gasteiger partial charge in [-0.05, 0) is 42.5 Å². The number of carbonyl (C=O) groups is 2. The molecule has 34 heavy (non-hydrogen) atoms. The Bertz CT molecular complexity index is 1150. The quantitative estimate of drug-likeness (QED) is 0.482. The average molecular weight is 465 g/mol. The maximum atomic E-state index is 13.8. The summed E-state index contributed by atoms with van der Waals surface area (Å²) < 4.78 is 20.7. The highest BCUT2D eigenvalue weighted by atomic mass is 19.1. The molecule has 8 heteroatoms. The van der Waals surface area contributed by atoms with Gasteiger partial charge in [-0.1, -0.05) is 36.4 Å². The molecule has 1 saturated heterocycles. The lowest BCUT2D eigenvalue weighted by atomic mass is 9.85. The number of hydrogen-bond acceptors (Lipinski definition) is 4. The number of amides is 2. The van der Waals surface area contributed by atoms with Gasteiger partial charge in [0.05, 0.1) is 19.9 Å². The zero-order valence-corrected chi connectivity index (χ0v) is 19.2. The van der Waals surface area contributed by atoms with E-state index in [1.165, 1.54) is 13.2 Å². The van der Waals surface area contributed by atoms with E-state index in [-0.39, 0.29) is 24.0 Å². The first-order valence-corrected chi connectivity index (χ1v) is 11.4. The fraction of sp³-hybridized carbons (Fsp3) is 0.346. The second-order valence-electron chi connectivity index (χ2n) is 8.78. The van der Waals surface area contributed by atoms with Gasteiger partial charge in [-0.2, -0.15) is 5.10 Å². The lowest BCUT2D eigenvalue weighted by Crippen LogP contribution is -2.44. The second kappa shape index (κ2) is 10.5. The molecule has 1 aromatic heterocycles. The van der Waals surface area contributed by atoms with Gasteiger partial charge >= 0.3 is 0 Å². The van der Waals surface area contributed by atoms with Crippen molar-refractivity contribution in [3.8, 4) is 5.75 Å². The van der Waals surface area contributed by atoms with E-state index in [1.54, 1.807) is 18.3 Å². The monoisotopic (exact) mass is 464 g/mol. The van der Waals surface area contributed by atoms with Crippen LogP contribution < -0.4 is 15.4 Å². The Morgan fingerprint density at radius 1 is 1.21 bits per heavy atom. The normalized spacial score (nSPS) is 17.4. The third-order valence-corrected chi connectivity index (χ3v) is 6.19. The third kappa shape index (κ3) is 6.01. The van der Waals surface area contributed by atoms with E-state index in [9.17, 15) is 14.0 Å². The Morgan fingerprint density at radius 2 is 2.03 bits per heavy atom. The molecular formula is C26H29FN4O3. The van der Waals surface area contributed by atoms with Crippen molar-refractivity contribution in [2.45, 2.75) is 50.7 Å².